The van der Waals surface area contributed by atoms with Crippen LogP contribution in [0.25, 0.3) is 0 Å². The lowest BCUT2D eigenvalue weighted by molar-refractivity contribution is -0.128. The molecule has 0 saturated heterocycles. The van der Waals surface area contributed by atoms with Gasteiger partial charge < -0.3 is 5.32 Å². The second-order valence-electron chi connectivity index (χ2n) is 6.40. The van der Waals surface area contributed by atoms with Gasteiger partial charge in [0, 0.05) is 25.2 Å². The third-order valence-corrected chi connectivity index (χ3v) is 3.50. The zero-order valence-corrected chi connectivity index (χ0v) is 14.2. The standard InChI is InChI=1S/C17H31NO3/c1-6-15(19)14(11-12(2)3)18-17(21)10-8-7-9-16(20)13(4)5/h12-14H,6-11H2,1-5H3,(H,18,21)/t14-/m0/s1. The van der Waals surface area contributed by atoms with Crippen LogP contribution in [0, 0.1) is 11.8 Å². The summed E-state index contributed by atoms with van der Waals surface area (Å²) < 4.78 is 0. The molecule has 0 heterocycles. The van der Waals surface area contributed by atoms with Gasteiger partial charge in [-0.3, -0.25) is 14.4 Å². The van der Waals surface area contributed by atoms with Crippen molar-refractivity contribution in [1.82, 2.24) is 5.32 Å². The number of amides is 1. The van der Waals surface area contributed by atoms with E-state index in [1.165, 1.54) is 0 Å². The van der Waals surface area contributed by atoms with E-state index in [2.05, 4.69) is 5.32 Å². The van der Waals surface area contributed by atoms with Gasteiger partial charge in [-0.1, -0.05) is 34.6 Å². The number of rotatable bonds is 11. The van der Waals surface area contributed by atoms with Crippen molar-refractivity contribution in [1.29, 1.82) is 0 Å². The fraction of sp³-hybridized carbons (Fsp3) is 0.824. The molecular formula is C17H31NO3. The van der Waals surface area contributed by atoms with Gasteiger partial charge in [0.2, 0.25) is 5.91 Å². The molecule has 0 aromatic rings. The highest BCUT2D eigenvalue weighted by Gasteiger charge is 2.20. The SMILES string of the molecule is CCC(=O)[C@H](CC(C)C)NC(=O)CCCCC(=O)C(C)C. The summed E-state index contributed by atoms with van der Waals surface area (Å²) in [6.45, 7) is 9.68. The molecular weight excluding hydrogens is 266 g/mol. The number of Topliss-reactive ketones (excluding diaryl/α,β-unsaturated/α-hetero) is 2. The average molecular weight is 297 g/mol. The Bertz CT molecular complexity index is 348. The minimum atomic E-state index is -0.361. The second-order valence-corrected chi connectivity index (χ2v) is 6.40. The average Bonchev–Trinajstić information content (AvgIpc) is 2.40. The van der Waals surface area contributed by atoms with Gasteiger partial charge in [0.15, 0.2) is 5.78 Å². The van der Waals surface area contributed by atoms with Gasteiger partial charge >= 0.3 is 0 Å². The molecule has 0 aromatic heterocycles. The normalized spacial score (nSPS) is 12.5. The monoisotopic (exact) mass is 297 g/mol. The van der Waals surface area contributed by atoms with E-state index in [0.717, 1.165) is 6.42 Å². The van der Waals surface area contributed by atoms with Crippen molar-refractivity contribution in [3.8, 4) is 0 Å². The van der Waals surface area contributed by atoms with Crippen LogP contribution in [0.2, 0.25) is 0 Å². The van der Waals surface area contributed by atoms with Crippen LogP contribution < -0.4 is 5.32 Å². The smallest absolute Gasteiger partial charge is 0.220 e. The summed E-state index contributed by atoms with van der Waals surface area (Å²) in [6, 6.07) is -0.361. The van der Waals surface area contributed by atoms with Gasteiger partial charge in [-0.15, -0.1) is 0 Å². The molecule has 0 spiro atoms. The number of carbonyl (C=O) groups is 3. The molecule has 0 aromatic carbocycles. The summed E-state index contributed by atoms with van der Waals surface area (Å²) in [5, 5.41) is 2.84. The number of ketones is 2. The zero-order valence-electron chi connectivity index (χ0n) is 14.2. The van der Waals surface area contributed by atoms with Crippen LogP contribution in [-0.4, -0.2) is 23.5 Å². The summed E-state index contributed by atoms with van der Waals surface area (Å²) in [6.07, 6.45) is 3.48. The molecule has 0 bridgehead atoms. The van der Waals surface area contributed by atoms with E-state index in [0.29, 0.717) is 38.0 Å². The van der Waals surface area contributed by atoms with Crippen molar-refractivity contribution in [3.05, 3.63) is 0 Å². The Balaban J connectivity index is 4.09. The molecule has 1 N–H and O–H groups in total. The molecule has 1 atom stereocenters. The van der Waals surface area contributed by atoms with Crippen LogP contribution in [0.5, 0.6) is 0 Å². The fourth-order valence-electron chi connectivity index (χ4n) is 2.13. The van der Waals surface area contributed by atoms with Crippen molar-refractivity contribution in [2.24, 2.45) is 11.8 Å². The van der Waals surface area contributed by atoms with Crippen molar-refractivity contribution in [3.63, 3.8) is 0 Å². The molecule has 0 aliphatic heterocycles. The van der Waals surface area contributed by atoms with E-state index in [9.17, 15) is 14.4 Å². The number of carbonyl (C=O) groups excluding carboxylic acids is 3. The maximum absolute atomic E-state index is 11.9. The molecule has 0 aliphatic carbocycles. The molecule has 4 nitrogen and oxygen atoms in total. The van der Waals surface area contributed by atoms with Crippen molar-refractivity contribution in [2.45, 2.75) is 79.2 Å². The predicted octanol–water partition coefficient (Wildman–Crippen LogP) is 3.28. The van der Waals surface area contributed by atoms with E-state index in [-0.39, 0.29) is 29.4 Å². The summed E-state index contributed by atoms with van der Waals surface area (Å²) in [7, 11) is 0. The quantitative estimate of drug-likeness (QED) is 0.595. The number of nitrogens with one attached hydrogen (secondary N) is 1. The highest BCUT2D eigenvalue weighted by atomic mass is 16.2. The summed E-state index contributed by atoms with van der Waals surface area (Å²) in [5.41, 5.74) is 0. The Morgan fingerprint density at radius 1 is 0.905 bits per heavy atom. The van der Waals surface area contributed by atoms with Crippen LogP contribution in [0.4, 0.5) is 0 Å². The lowest BCUT2D eigenvalue weighted by atomic mass is 9.98. The van der Waals surface area contributed by atoms with Crippen LogP contribution in [0.15, 0.2) is 0 Å². The molecule has 0 unspecified atom stereocenters. The first kappa shape index (κ1) is 19.8. The minimum Gasteiger partial charge on any atom is -0.346 e. The lowest BCUT2D eigenvalue weighted by Gasteiger charge is -2.19. The Kier molecular flexibility index (Phi) is 9.93. The summed E-state index contributed by atoms with van der Waals surface area (Å²) >= 11 is 0. The van der Waals surface area contributed by atoms with E-state index >= 15 is 0 Å². The highest BCUT2D eigenvalue weighted by molar-refractivity contribution is 5.88. The first-order valence-electron chi connectivity index (χ1n) is 8.12. The van der Waals surface area contributed by atoms with Gasteiger partial charge in [0.1, 0.15) is 5.78 Å². The number of hydrogen-bond donors (Lipinski definition) is 1. The first-order valence-corrected chi connectivity index (χ1v) is 8.12. The van der Waals surface area contributed by atoms with Crippen molar-refractivity contribution in [2.75, 3.05) is 0 Å². The Labute approximate surface area is 129 Å². The maximum Gasteiger partial charge on any atom is 0.220 e. The van der Waals surface area contributed by atoms with Crippen molar-refractivity contribution < 1.29 is 14.4 Å². The van der Waals surface area contributed by atoms with Gasteiger partial charge in [0.25, 0.3) is 0 Å². The summed E-state index contributed by atoms with van der Waals surface area (Å²) in [5.74, 6) is 0.687. The number of unbranched alkanes of at least 4 members (excludes halogenated alkanes) is 1. The van der Waals surface area contributed by atoms with Gasteiger partial charge in [-0.25, -0.2) is 0 Å². The first-order chi connectivity index (χ1) is 9.77. The molecule has 0 fully saturated rings. The Morgan fingerprint density at radius 2 is 1.48 bits per heavy atom. The second kappa shape index (κ2) is 10.5. The maximum atomic E-state index is 11.9. The Morgan fingerprint density at radius 3 is 1.95 bits per heavy atom. The van der Waals surface area contributed by atoms with E-state index in [1.54, 1.807) is 0 Å². The molecule has 122 valence electrons. The fourth-order valence-corrected chi connectivity index (χ4v) is 2.13. The topological polar surface area (TPSA) is 63.2 Å². The number of hydrogen-bond acceptors (Lipinski definition) is 3. The van der Waals surface area contributed by atoms with E-state index < -0.39 is 0 Å². The van der Waals surface area contributed by atoms with Crippen LogP contribution in [0.1, 0.15) is 73.1 Å². The largest absolute Gasteiger partial charge is 0.346 e. The zero-order chi connectivity index (χ0) is 16.4. The molecule has 21 heavy (non-hydrogen) atoms. The molecule has 0 radical (unpaired) electrons. The summed E-state index contributed by atoms with van der Waals surface area (Å²) in [4.78, 5) is 35.2. The lowest BCUT2D eigenvalue weighted by Crippen LogP contribution is -2.41. The molecule has 0 aliphatic rings. The van der Waals surface area contributed by atoms with Crippen LogP contribution in [0.3, 0.4) is 0 Å². The van der Waals surface area contributed by atoms with E-state index in [1.807, 2.05) is 34.6 Å². The highest BCUT2D eigenvalue weighted by Crippen LogP contribution is 2.09. The van der Waals surface area contributed by atoms with Crippen LogP contribution >= 0.6 is 0 Å². The predicted molar refractivity (Wildman–Crippen MR) is 85.0 cm³/mol. The molecule has 0 rings (SSSR count). The third-order valence-electron chi connectivity index (χ3n) is 3.50. The molecule has 0 saturated carbocycles. The van der Waals surface area contributed by atoms with Crippen LogP contribution in [-0.2, 0) is 14.4 Å². The third kappa shape index (κ3) is 9.38. The minimum absolute atomic E-state index is 0.0661. The molecule has 1 amide bonds. The van der Waals surface area contributed by atoms with Gasteiger partial charge in [-0.05, 0) is 25.2 Å². The van der Waals surface area contributed by atoms with Crippen molar-refractivity contribution >= 4 is 17.5 Å². The van der Waals surface area contributed by atoms with E-state index in [4.69, 9.17) is 0 Å². The van der Waals surface area contributed by atoms with Gasteiger partial charge in [-0.2, -0.15) is 0 Å². The van der Waals surface area contributed by atoms with Gasteiger partial charge in [0.05, 0.1) is 6.04 Å². The Hall–Kier alpha value is -1.19. The molecule has 4 heteroatoms.